The Labute approximate surface area is 121 Å². The van der Waals surface area contributed by atoms with Gasteiger partial charge in [-0.1, -0.05) is 19.1 Å². The minimum absolute atomic E-state index is 0.371. The lowest BCUT2D eigenvalue weighted by atomic mass is 10.2. The second kappa shape index (κ2) is 7.17. The molecule has 1 aromatic rings. The number of ether oxygens (including phenoxy) is 1. The largest absolute Gasteiger partial charge is 0.379 e. The van der Waals surface area contributed by atoms with E-state index in [4.69, 9.17) is 4.74 Å². The number of hydrogen-bond acceptors (Lipinski definition) is 4. The van der Waals surface area contributed by atoms with E-state index in [9.17, 15) is 8.42 Å². The molecule has 1 aliphatic rings. The van der Waals surface area contributed by atoms with Crippen molar-refractivity contribution >= 4 is 10.0 Å². The van der Waals surface area contributed by atoms with E-state index in [0.29, 0.717) is 37.7 Å². The lowest BCUT2D eigenvalue weighted by molar-refractivity contribution is 0.0730. The molecule has 1 saturated heterocycles. The molecular formula is C14H22N2O3S. The smallest absolute Gasteiger partial charge is 0.243 e. The third-order valence-corrected chi connectivity index (χ3v) is 5.16. The van der Waals surface area contributed by atoms with Crippen LogP contribution in [0, 0.1) is 0 Å². The zero-order valence-corrected chi connectivity index (χ0v) is 12.7. The first-order valence-electron chi connectivity index (χ1n) is 7.02. The molecule has 1 N–H and O–H groups in total. The second-order valence-electron chi connectivity index (χ2n) is 4.84. The van der Waals surface area contributed by atoms with Gasteiger partial charge >= 0.3 is 0 Å². The van der Waals surface area contributed by atoms with Crippen molar-refractivity contribution in [2.24, 2.45) is 0 Å². The SMILES string of the molecule is CCCNCc1cccc(S(=O)(=O)N2CCOCC2)c1. The Morgan fingerprint density at radius 3 is 2.75 bits per heavy atom. The highest BCUT2D eigenvalue weighted by atomic mass is 32.2. The van der Waals surface area contributed by atoms with Gasteiger partial charge in [-0.3, -0.25) is 0 Å². The number of sulfonamides is 1. The summed E-state index contributed by atoms with van der Waals surface area (Å²) in [6.07, 6.45) is 1.06. The molecule has 0 amide bonds. The minimum Gasteiger partial charge on any atom is -0.379 e. The molecule has 1 aromatic carbocycles. The van der Waals surface area contributed by atoms with Crippen molar-refractivity contribution in [3.8, 4) is 0 Å². The van der Waals surface area contributed by atoms with Gasteiger partial charge in [0.15, 0.2) is 0 Å². The second-order valence-corrected chi connectivity index (χ2v) is 6.78. The summed E-state index contributed by atoms with van der Waals surface area (Å²) in [6, 6.07) is 7.17. The predicted octanol–water partition coefficient (Wildman–Crippen LogP) is 1.21. The van der Waals surface area contributed by atoms with Crippen LogP contribution in [0.15, 0.2) is 29.2 Å². The van der Waals surface area contributed by atoms with E-state index in [1.807, 2.05) is 6.07 Å². The van der Waals surface area contributed by atoms with Crippen molar-refractivity contribution in [2.75, 3.05) is 32.8 Å². The van der Waals surface area contributed by atoms with Crippen molar-refractivity contribution in [3.05, 3.63) is 29.8 Å². The van der Waals surface area contributed by atoms with E-state index in [1.165, 1.54) is 4.31 Å². The molecule has 0 unspecified atom stereocenters. The van der Waals surface area contributed by atoms with Gasteiger partial charge in [-0.05, 0) is 30.7 Å². The quantitative estimate of drug-likeness (QED) is 0.802. The fourth-order valence-corrected chi connectivity index (χ4v) is 3.64. The first-order chi connectivity index (χ1) is 9.64. The summed E-state index contributed by atoms with van der Waals surface area (Å²) in [5, 5.41) is 3.28. The maximum absolute atomic E-state index is 12.5. The van der Waals surface area contributed by atoms with Crippen LogP contribution in [0.5, 0.6) is 0 Å². The molecule has 112 valence electrons. The van der Waals surface area contributed by atoms with Crippen LogP contribution in [0.25, 0.3) is 0 Å². The maximum atomic E-state index is 12.5. The lowest BCUT2D eigenvalue weighted by Crippen LogP contribution is -2.40. The van der Waals surface area contributed by atoms with Crippen molar-refractivity contribution in [1.82, 2.24) is 9.62 Å². The molecule has 1 heterocycles. The van der Waals surface area contributed by atoms with E-state index in [-0.39, 0.29) is 0 Å². The van der Waals surface area contributed by atoms with Crippen LogP contribution < -0.4 is 5.32 Å². The third kappa shape index (κ3) is 3.79. The van der Waals surface area contributed by atoms with Crippen molar-refractivity contribution in [2.45, 2.75) is 24.8 Å². The lowest BCUT2D eigenvalue weighted by Gasteiger charge is -2.26. The Kier molecular flexibility index (Phi) is 5.54. The molecule has 0 aliphatic carbocycles. The molecule has 6 heteroatoms. The van der Waals surface area contributed by atoms with Crippen LogP contribution in [-0.2, 0) is 21.3 Å². The van der Waals surface area contributed by atoms with Gasteiger partial charge in [-0.2, -0.15) is 4.31 Å². The molecule has 1 aliphatic heterocycles. The van der Waals surface area contributed by atoms with E-state index in [0.717, 1.165) is 18.5 Å². The third-order valence-electron chi connectivity index (χ3n) is 3.26. The fourth-order valence-electron chi connectivity index (χ4n) is 2.16. The van der Waals surface area contributed by atoms with Gasteiger partial charge in [0, 0.05) is 19.6 Å². The molecule has 5 nitrogen and oxygen atoms in total. The topological polar surface area (TPSA) is 58.6 Å². The zero-order valence-electron chi connectivity index (χ0n) is 11.8. The van der Waals surface area contributed by atoms with Gasteiger partial charge in [0.2, 0.25) is 10.0 Å². The zero-order chi connectivity index (χ0) is 14.4. The highest BCUT2D eigenvalue weighted by molar-refractivity contribution is 7.89. The van der Waals surface area contributed by atoms with Crippen LogP contribution in [-0.4, -0.2) is 45.6 Å². The molecular weight excluding hydrogens is 276 g/mol. The summed E-state index contributed by atoms with van der Waals surface area (Å²) >= 11 is 0. The van der Waals surface area contributed by atoms with Crippen molar-refractivity contribution < 1.29 is 13.2 Å². The van der Waals surface area contributed by atoms with E-state index < -0.39 is 10.0 Å². The summed E-state index contributed by atoms with van der Waals surface area (Å²) in [5.74, 6) is 0. The summed E-state index contributed by atoms with van der Waals surface area (Å²) in [4.78, 5) is 0.371. The summed E-state index contributed by atoms with van der Waals surface area (Å²) in [7, 11) is -3.39. The highest BCUT2D eigenvalue weighted by Crippen LogP contribution is 2.18. The number of rotatable bonds is 6. The summed E-state index contributed by atoms with van der Waals surface area (Å²) in [5.41, 5.74) is 0.993. The van der Waals surface area contributed by atoms with Crippen LogP contribution >= 0.6 is 0 Å². The van der Waals surface area contributed by atoms with Crippen LogP contribution in [0.4, 0.5) is 0 Å². The molecule has 0 spiro atoms. The Morgan fingerprint density at radius 2 is 2.05 bits per heavy atom. The van der Waals surface area contributed by atoms with Crippen molar-refractivity contribution in [3.63, 3.8) is 0 Å². The number of morpholine rings is 1. The van der Waals surface area contributed by atoms with Gasteiger partial charge < -0.3 is 10.1 Å². The Morgan fingerprint density at radius 1 is 1.30 bits per heavy atom. The Hall–Kier alpha value is -0.950. The summed E-state index contributed by atoms with van der Waals surface area (Å²) < 4.78 is 31.7. The van der Waals surface area contributed by atoms with Gasteiger partial charge in [0.05, 0.1) is 18.1 Å². The van der Waals surface area contributed by atoms with Gasteiger partial charge in [-0.25, -0.2) is 8.42 Å². The van der Waals surface area contributed by atoms with E-state index in [2.05, 4.69) is 12.2 Å². The van der Waals surface area contributed by atoms with Crippen LogP contribution in [0.2, 0.25) is 0 Å². The van der Waals surface area contributed by atoms with Crippen LogP contribution in [0.1, 0.15) is 18.9 Å². The molecule has 1 fully saturated rings. The van der Waals surface area contributed by atoms with E-state index in [1.54, 1.807) is 18.2 Å². The maximum Gasteiger partial charge on any atom is 0.243 e. The van der Waals surface area contributed by atoms with Crippen LogP contribution in [0.3, 0.4) is 0 Å². The predicted molar refractivity (Wildman–Crippen MR) is 78.0 cm³/mol. The average molecular weight is 298 g/mol. The molecule has 0 saturated carbocycles. The molecule has 20 heavy (non-hydrogen) atoms. The number of nitrogens with zero attached hydrogens (tertiary/aromatic N) is 1. The first-order valence-corrected chi connectivity index (χ1v) is 8.46. The number of hydrogen-bond donors (Lipinski definition) is 1. The Bertz CT molecular complexity index is 525. The molecule has 0 aromatic heterocycles. The van der Waals surface area contributed by atoms with Gasteiger partial charge in [0.1, 0.15) is 0 Å². The van der Waals surface area contributed by atoms with Gasteiger partial charge in [0.25, 0.3) is 0 Å². The first kappa shape index (κ1) is 15.4. The molecule has 0 radical (unpaired) electrons. The molecule has 0 bridgehead atoms. The normalized spacial score (nSPS) is 17.2. The monoisotopic (exact) mass is 298 g/mol. The summed E-state index contributed by atoms with van der Waals surface area (Å²) in [6.45, 7) is 5.53. The van der Waals surface area contributed by atoms with Crippen molar-refractivity contribution in [1.29, 1.82) is 0 Å². The number of nitrogens with one attached hydrogen (secondary N) is 1. The Balaban J connectivity index is 2.12. The molecule has 2 rings (SSSR count). The number of benzene rings is 1. The van der Waals surface area contributed by atoms with Gasteiger partial charge in [-0.15, -0.1) is 0 Å². The van der Waals surface area contributed by atoms with E-state index >= 15 is 0 Å². The minimum atomic E-state index is -3.39. The standard InChI is InChI=1S/C14H22N2O3S/c1-2-6-15-12-13-4-3-5-14(11-13)20(17,18)16-7-9-19-10-8-16/h3-5,11,15H,2,6-10,12H2,1H3. The average Bonchev–Trinajstić information content (AvgIpc) is 2.49. The highest BCUT2D eigenvalue weighted by Gasteiger charge is 2.26. The molecule has 0 atom stereocenters. The fraction of sp³-hybridized carbons (Fsp3) is 0.571.